The van der Waals surface area contributed by atoms with E-state index in [2.05, 4.69) is 10.3 Å². The van der Waals surface area contributed by atoms with E-state index < -0.39 is 22.4 Å². The summed E-state index contributed by atoms with van der Waals surface area (Å²) in [6, 6.07) is 9.27. The van der Waals surface area contributed by atoms with Gasteiger partial charge < -0.3 is 25.3 Å². The van der Waals surface area contributed by atoms with Crippen molar-refractivity contribution in [2.75, 3.05) is 6.61 Å². The summed E-state index contributed by atoms with van der Waals surface area (Å²) < 4.78 is 6.20. The van der Waals surface area contributed by atoms with Gasteiger partial charge in [0, 0.05) is 6.54 Å². The molecule has 2 rings (SSSR count). The number of nitro groups is 1. The highest BCUT2D eigenvalue weighted by Gasteiger charge is 2.27. The van der Waals surface area contributed by atoms with Gasteiger partial charge in [-0.05, 0) is 34.0 Å². The second-order valence-electron chi connectivity index (χ2n) is 5.67. The zero-order chi connectivity index (χ0) is 18.4. The van der Waals surface area contributed by atoms with Gasteiger partial charge in [0.15, 0.2) is 0 Å². The van der Waals surface area contributed by atoms with Gasteiger partial charge in [0.1, 0.15) is 18.4 Å². The fraction of sp³-hybridized carbons (Fsp3) is 0.333. The second-order valence-corrected chi connectivity index (χ2v) is 6.00. The topological polar surface area (TPSA) is 120 Å². The van der Waals surface area contributed by atoms with Gasteiger partial charge in [-0.15, -0.1) is 0 Å². The molecule has 1 aromatic heterocycles. The smallest absolute Gasteiger partial charge is 0.407 e. The van der Waals surface area contributed by atoms with E-state index in [0.29, 0.717) is 6.54 Å². The SMILES string of the molecule is C[C@](O)(COC(=O)NCc1ccccc1)Cn1cc([N+](=O)[O-])nc1Cl. The fourth-order valence-electron chi connectivity index (χ4n) is 2.03. The van der Waals surface area contributed by atoms with Crippen molar-refractivity contribution < 1.29 is 19.6 Å². The van der Waals surface area contributed by atoms with Gasteiger partial charge in [-0.25, -0.2) is 4.79 Å². The Hall–Kier alpha value is -2.65. The maximum Gasteiger partial charge on any atom is 0.407 e. The Kier molecular flexibility index (Phi) is 5.94. The van der Waals surface area contributed by atoms with Crippen LogP contribution in [0.5, 0.6) is 0 Å². The molecule has 1 aromatic carbocycles. The van der Waals surface area contributed by atoms with E-state index >= 15 is 0 Å². The zero-order valence-corrected chi connectivity index (χ0v) is 14.1. The zero-order valence-electron chi connectivity index (χ0n) is 13.4. The largest absolute Gasteiger partial charge is 0.446 e. The summed E-state index contributed by atoms with van der Waals surface area (Å²) in [7, 11) is 0. The third-order valence-corrected chi connectivity index (χ3v) is 3.51. The summed E-state index contributed by atoms with van der Waals surface area (Å²) in [6.07, 6.45) is 0.415. The molecule has 0 aliphatic carbocycles. The molecule has 0 saturated carbocycles. The number of ether oxygens (including phenoxy) is 1. The molecule has 0 saturated heterocycles. The van der Waals surface area contributed by atoms with Crippen LogP contribution in [0.15, 0.2) is 36.5 Å². The summed E-state index contributed by atoms with van der Waals surface area (Å²) in [5.41, 5.74) is -0.578. The number of aliphatic hydroxyl groups is 1. The fourth-order valence-corrected chi connectivity index (χ4v) is 2.23. The monoisotopic (exact) mass is 368 g/mol. The minimum atomic E-state index is -1.48. The maximum absolute atomic E-state index is 11.7. The number of hydrogen-bond acceptors (Lipinski definition) is 6. The highest BCUT2D eigenvalue weighted by Crippen LogP contribution is 2.19. The molecule has 1 amide bonds. The summed E-state index contributed by atoms with van der Waals surface area (Å²) in [5.74, 6) is -0.428. The quantitative estimate of drug-likeness (QED) is 0.570. The lowest BCUT2D eigenvalue weighted by Crippen LogP contribution is -2.38. The number of alkyl carbamates (subject to hydrolysis) is 1. The van der Waals surface area contributed by atoms with Crippen LogP contribution in [0, 0.1) is 10.1 Å². The molecular formula is C15H17ClN4O5. The Morgan fingerprint density at radius 1 is 1.48 bits per heavy atom. The van der Waals surface area contributed by atoms with Crippen LogP contribution in [0.2, 0.25) is 5.28 Å². The van der Waals surface area contributed by atoms with Crippen LogP contribution < -0.4 is 5.32 Å². The molecular weight excluding hydrogens is 352 g/mol. The molecule has 25 heavy (non-hydrogen) atoms. The summed E-state index contributed by atoms with van der Waals surface area (Å²) in [4.78, 5) is 25.2. The van der Waals surface area contributed by atoms with Gasteiger partial charge in [-0.1, -0.05) is 30.3 Å². The normalized spacial score (nSPS) is 13.1. The van der Waals surface area contributed by atoms with Gasteiger partial charge in [-0.3, -0.25) is 4.57 Å². The second kappa shape index (κ2) is 7.95. The molecule has 0 aliphatic heterocycles. The molecule has 0 aliphatic rings. The minimum absolute atomic E-state index is 0.126. The third kappa shape index (κ3) is 5.73. The first-order valence-corrected chi connectivity index (χ1v) is 7.69. The number of hydrogen-bond donors (Lipinski definition) is 2. The summed E-state index contributed by atoms with van der Waals surface area (Å²) in [5, 5.41) is 23.4. The number of carbonyl (C=O) groups excluding carboxylic acids is 1. The summed E-state index contributed by atoms with van der Waals surface area (Å²) >= 11 is 5.79. The number of halogens is 1. The molecule has 0 bridgehead atoms. The first-order valence-electron chi connectivity index (χ1n) is 7.31. The lowest BCUT2D eigenvalue weighted by molar-refractivity contribution is -0.389. The Bertz CT molecular complexity index is 748. The number of benzene rings is 1. The van der Waals surface area contributed by atoms with Gasteiger partial charge in [-0.2, -0.15) is 0 Å². The molecule has 1 atom stereocenters. The van der Waals surface area contributed by atoms with E-state index in [1.807, 2.05) is 30.3 Å². The standard InChI is InChI=1S/C15H17ClN4O5/c1-15(22,9-19-8-12(20(23)24)18-13(19)16)10-25-14(21)17-7-11-5-3-2-4-6-11/h2-6,8,22H,7,9-10H2,1H3,(H,17,21)/t15-/m1/s1. The van der Waals surface area contributed by atoms with Crippen LogP contribution in [-0.4, -0.2) is 37.9 Å². The third-order valence-electron chi connectivity index (χ3n) is 3.21. The first-order chi connectivity index (χ1) is 11.8. The Morgan fingerprint density at radius 3 is 2.76 bits per heavy atom. The van der Waals surface area contributed by atoms with Crippen molar-refractivity contribution in [2.24, 2.45) is 0 Å². The van der Waals surface area contributed by atoms with E-state index in [9.17, 15) is 20.0 Å². The van der Waals surface area contributed by atoms with Gasteiger partial charge in [0.2, 0.25) is 0 Å². The predicted molar refractivity (Wildman–Crippen MR) is 89.1 cm³/mol. The van der Waals surface area contributed by atoms with Crippen LogP contribution in [0.3, 0.4) is 0 Å². The van der Waals surface area contributed by atoms with Crippen molar-refractivity contribution in [3.8, 4) is 0 Å². The minimum Gasteiger partial charge on any atom is -0.446 e. The van der Waals surface area contributed by atoms with E-state index in [-0.39, 0.29) is 18.4 Å². The van der Waals surface area contributed by atoms with Crippen LogP contribution in [0.1, 0.15) is 12.5 Å². The highest BCUT2D eigenvalue weighted by atomic mass is 35.5. The average Bonchev–Trinajstić information content (AvgIpc) is 2.92. The van der Waals surface area contributed by atoms with Crippen molar-refractivity contribution in [2.45, 2.75) is 25.6 Å². The lowest BCUT2D eigenvalue weighted by Gasteiger charge is -2.23. The van der Waals surface area contributed by atoms with Crippen LogP contribution in [0.25, 0.3) is 0 Å². The molecule has 0 radical (unpaired) electrons. The Balaban J connectivity index is 1.84. The number of rotatable bonds is 7. The number of imidazole rings is 1. The molecule has 0 fully saturated rings. The van der Waals surface area contributed by atoms with Crippen LogP contribution >= 0.6 is 11.6 Å². The van der Waals surface area contributed by atoms with Gasteiger partial charge in [0.25, 0.3) is 0 Å². The first kappa shape index (κ1) is 18.7. The van der Waals surface area contributed by atoms with Crippen LogP contribution in [-0.2, 0) is 17.8 Å². The molecule has 0 unspecified atom stereocenters. The number of amides is 1. The van der Waals surface area contributed by atoms with Crippen molar-refractivity contribution in [1.29, 1.82) is 0 Å². The van der Waals surface area contributed by atoms with Crippen molar-refractivity contribution in [3.63, 3.8) is 0 Å². The predicted octanol–water partition coefficient (Wildman–Crippen LogP) is 2.12. The molecule has 0 spiro atoms. The molecule has 9 nitrogen and oxygen atoms in total. The van der Waals surface area contributed by atoms with Gasteiger partial charge >= 0.3 is 17.2 Å². The Labute approximate surface area is 148 Å². The number of aromatic nitrogens is 2. The Morgan fingerprint density at radius 2 is 2.16 bits per heavy atom. The van der Waals surface area contributed by atoms with Crippen LogP contribution in [0.4, 0.5) is 10.6 Å². The highest BCUT2D eigenvalue weighted by molar-refractivity contribution is 6.28. The van der Waals surface area contributed by atoms with E-state index in [4.69, 9.17) is 16.3 Å². The molecule has 2 aromatic rings. The number of nitrogens with one attached hydrogen (secondary N) is 1. The molecule has 134 valence electrons. The molecule has 1 heterocycles. The van der Waals surface area contributed by atoms with Crippen molar-refractivity contribution >= 4 is 23.5 Å². The number of carbonyl (C=O) groups is 1. The van der Waals surface area contributed by atoms with E-state index in [1.165, 1.54) is 11.5 Å². The molecule has 2 N–H and O–H groups in total. The molecule has 10 heteroatoms. The maximum atomic E-state index is 11.7. The lowest BCUT2D eigenvalue weighted by atomic mass is 10.1. The average molecular weight is 369 g/mol. The van der Waals surface area contributed by atoms with Crippen molar-refractivity contribution in [1.82, 2.24) is 14.9 Å². The van der Waals surface area contributed by atoms with Crippen molar-refractivity contribution in [3.05, 3.63) is 57.5 Å². The van der Waals surface area contributed by atoms with E-state index in [1.54, 1.807) is 0 Å². The number of nitrogens with zero attached hydrogens (tertiary/aromatic N) is 3. The summed E-state index contributed by atoms with van der Waals surface area (Å²) in [6.45, 7) is 1.26. The van der Waals surface area contributed by atoms with Gasteiger partial charge in [0.05, 0.1) is 6.54 Å². The van der Waals surface area contributed by atoms with E-state index in [0.717, 1.165) is 11.8 Å².